The van der Waals surface area contributed by atoms with Crippen molar-refractivity contribution in [3.63, 3.8) is 0 Å². The first-order valence-electron chi connectivity index (χ1n) is 11.3. The molecule has 2 saturated heterocycles. The molecule has 1 unspecified atom stereocenters. The summed E-state index contributed by atoms with van der Waals surface area (Å²) >= 11 is 0. The molecule has 0 aromatic carbocycles. The Morgan fingerprint density at radius 3 is 2.53 bits per heavy atom. The number of piperidine rings is 1. The molecule has 1 aromatic heterocycles. The molecule has 1 aromatic rings. The Kier molecular flexibility index (Phi) is 10.9. The number of hydrogen-bond acceptors (Lipinski definition) is 5. The minimum Gasteiger partial charge on any atom is -0.444 e. The quantitative estimate of drug-likeness (QED) is 0.314. The molecule has 1 N–H and O–H groups in total. The minimum absolute atomic E-state index is 0. The zero-order chi connectivity index (χ0) is 20.6. The Bertz CT molecular complexity index is 638. The highest BCUT2D eigenvalue weighted by Gasteiger charge is 2.26. The molecule has 0 saturated carbocycles. The average Bonchev–Trinajstić information content (AvgIpc) is 3.31. The number of guanidine groups is 1. The summed E-state index contributed by atoms with van der Waals surface area (Å²) in [5.74, 6) is 4.16. The molecule has 172 valence electrons. The number of nitrogens with zero attached hydrogens (tertiary/aromatic N) is 4. The maximum absolute atomic E-state index is 5.74. The smallest absolute Gasteiger partial charge is 0.208 e. The Labute approximate surface area is 199 Å². The van der Waals surface area contributed by atoms with Crippen LogP contribution in [0.2, 0.25) is 0 Å². The number of rotatable bonds is 8. The number of hydrogen-bond donors (Lipinski definition) is 1. The first kappa shape index (κ1) is 25.4. The fourth-order valence-corrected chi connectivity index (χ4v) is 4.21. The highest BCUT2D eigenvalue weighted by molar-refractivity contribution is 14.0. The van der Waals surface area contributed by atoms with Crippen LogP contribution < -0.4 is 5.32 Å². The molecule has 2 aliphatic heterocycles. The molecule has 0 radical (unpaired) electrons. The van der Waals surface area contributed by atoms with Crippen molar-refractivity contribution in [2.75, 3.05) is 52.5 Å². The SMILES string of the molecule is CCNC(=NCC1CCN(Cc2nc(C)c(C)o2)CC1)N1CCC(COCC)C1.I. The van der Waals surface area contributed by atoms with Gasteiger partial charge in [0.25, 0.3) is 0 Å². The second-order valence-electron chi connectivity index (χ2n) is 8.42. The number of halogens is 1. The van der Waals surface area contributed by atoms with E-state index in [-0.39, 0.29) is 24.0 Å². The van der Waals surface area contributed by atoms with Gasteiger partial charge in [0.2, 0.25) is 5.89 Å². The van der Waals surface area contributed by atoms with E-state index in [1.165, 1.54) is 19.3 Å². The fourth-order valence-electron chi connectivity index (χ4n) is 4.21. The van der Waals surface area contributed by atoms with Gasteiger partial charge in [-0.05, 0) is 66.0 Å². The number of oxazole rings is 1. The van der Waals surface area contributed by atoms with E-state index < -0.39 is 0 Å². The van der Waals surface area contributed by atoms with Gasteiger partial charge in [-0.15, -0.1) is 24.0 Å². The molecule has 30 heavy (non-hydrogen) atoms. The largest absolute Gasteiger partial charge is 0.444 e. The normalized spacial score (nSPS) is 21.1. The molecule has 8 heteroatoms. The molecule has 2 fully saturated rings. The maximum atomic E-state index is 5.74. The summed E-state index contributed by atoms with van der Waals surface area (Å²) in [7, 11) is 0. The van der Waals surface area contributed by atoms with Gasteiger partial charge in [-0.2, -0.15) is 0 Å². The van der Waals surface area contributed by atoms with Crippen molar-refractivity contribution in [1.29, 1.82) is 0 Å². The molecule has 0 amide bonds. The Morgan fingerprint density at radius 2 is 1.90 bits per heavy atom. The van der Waals surface area contributed by atoms with Gasteiger partial charge in [-0.3, -0.25) is 9.89 Å². The van der Waals surface area contributed by atoms with Crippen LogP contribution in [0, 0.1) is 25.7 Å². The molecule has 0 aliphatic carbocycles. The van der Waals surface area contributed by atoms with Gasteiger partial charge < -0.3 is 19.4 Å². The summed E-state index contributed by atoms with van der Waals surface area (Å²) in [6, 6.07) is 0. The van der Waals surface area contributed by atoms with Gasteiger partial charge in [0.05, 0.1) is 18.8 Å². The van der Waals surface area contributed by atoms with E-state index in [1.807, 2.05) is 13.8 Å². The summed E-state index contributed by atoms with van der Waals surface area (Å²) in [5, 5.41) is 3.49. The van der Waals surface area contributed by atoms with Gasteiger partial charge in [0.15, 0.2) is 5.96 Å². The summed E-state index contributed by atoms with van der Waals surface area (Å²) in [4.78, 5) is 14.4. The first-order chi connectivity index (χ1) is 14.1. The van der Waals surface area contributed by atoms with Gasteiger partial charge in [-0.25, -0.2) is 4.98 Å². The molecule has 1 atom stereocenters. The molecule has 0 spiro atoms. The van der Waals surface area contributed by atoms with Crippen molar-refractivity contribution in [1.82, 2.24) is 20.1 Å². The first-order valence-corrected chi connectivity index (χ1v) is 11.3. The van der Waals surface area contributed by atoms with Crippen molar-refractivity contribution in [2.24, 2.45) is 16.8 Å². The molecule has 2 aliphatic rings. The summed E-state index contributed by atoms with van der Waals surface area (Å²) < 4.78 is 11.4. The summed E-state index contributed by atoms with van der Waals surface area (Å²) in [5.41, 5.74) is 1.01. The van der Waals surface area contributed by atoms with E-state index in [0.29, 0.717) is 11.8 Å². The van der Waals surface area contributed by atoms with Gasteiger partial charge in [0, 0.05) is 38.7 Å². The molecular weight excluding hydrogens is 493 g/mol. The molecule has 7 nitrogen and oxygen atoms in total. The average molecular weight is 533 g/mol. The second kappa shape index (κ2) is 12.9. The third-order valence-corrected chi connectivity index (χ3v) is 6.12. The molecule has 3 rings (SSSR count). The Morgan fingerprint density at radius 1 is 1.17 bits per heavy atom. The van der Waals surface area contributed by atoms with E-state index >= 15 is 0 Å². The number of likely N-dealkylation sites (tertiary alicyclic amines) is 2. The zero-order valence-corrected chi connectivity index (χ0v) is 21.5. The number of ether oxygens (including phenoxy) is 1. The number of aryl methyl sites for hydroxylation is 2. The predicted molar refractivity (Wildman–Crippen MR) is 132 cm³/mol. The lowest BCUT2D eigenvalue weighted by atomic mass is 9.97. The predicted octanol–water partition coefficient (Wildman–Crippen LogP) is 3.45. The van der Waals surface area contributed by atoms with Gasteiger partial charge in [0.1, 0.15) is 5.76 Å². The van der Waals surface area contributed by atoms with Crippen molar-refractivity contribution in [3.05, 3.63) is 17.3 Å². The second-order valence-corrected chi connectivity index (χ2v) is 8.42. The summed E-state index contributed by atoms with van der Waals surface area (Å²) in [6.45, 7) is 16.9. The lowest BCUT2D eigenvalue weighted by Gasteiger charge is -2.30. The van der Waals surface area contributed by atoms with Gasteiger partial charge >= 0.3 is 0 Å². The van der Waals surface area contributed by atoms with Crippen LogP contribution in [0.25, 0.3) is 0 Å². The highest BCUT2D eigenvalue weighted by atomic mass is 127. The van der Waals surface area contributed by atoms with E-state index in [4.69, 9.17) is 14.1 Å². The fraction of sp³-hybridized carbons (Fsp3) is 0.818. The minimum atomic E-state index is 0. The van der Waals surface area contributed by atoms with Crippen LogP contribution in [0.1, 0.15) is 50.5 Å². The number of aliphatic imine (C=N–C) groups is 1. The van der Waals surface area contributed by atoms with Crippen molar-refractivity contribution >= 4 is 29.9 Å². The molecular formula is C22H40IN5O2. The van der Waals surface area contributed by atoms with Crippen molar-refractivity contribution in [2.45, 2.75) is 53.5 Å². The summed E-state index contributed by atoms with van der Waals surface area (Å²) in [6.07, 6.45) is 3.58. The van der Waals surface area contributed by atoms with Crippen LogP contribution in [-0.4, -0.2) is 73.2 Å². The molecule has 3 heterocycles. The third kappa shape index (κ3) is 7.37. The van der Waals surface area contributed by atoms with Crippen LogP contribution >= 0.6 is 24.0 Å². The number of aromatic nitrogens is 1. The number of nitrogens with one attached hydrogen (secondary N) is 1. The van der Waals surface area contributed by atoms with E-state index in [9.17, 15) is 0 Å². The Hall–Kier alpha value is -0.870. The topological polar surface area (TPSA) is 66.1 Å². The van der Waals surface area contributed by atoms with Crippen molar-refractivity contribution < 1.29 is 9.15 Å². The van der Waals surface area contributed by atoms with E-state index in [1.54, 1.807) is 0 Å². The Balaban J connectivity index is 0.00000320. The standard InChI is InChI=1S/C22H39N5O2.HI/c1-5-23-22(27-12-9-20(14-27)16-28-6-2)24-13-19-7-10-26(11-8-19)15-21-25-17(3)18(4)29-21;/h19-20H,5-16H2,1-4H3,(H,23,24);1H. The third-order valence-electron chi connectivity index (χ3n) is 6.12. The monoisotopic (exact) mass is 533 g/mol. The van der Waals surface area contributed by atoms with E-state index in [0.717, 1.165) is 82.3 Å². The lowest BCUT2D eigenvalue weighted by Crippen LogP contribution is -2.41. The zero-order valence-electron chi connectivity index (χ0n) is 19.2. The van der Waals surface area contributed by atoms with Crippen LogP contribution in [0.4, 0.5) is 0 Å². The highest BCUT2D eigenvalue weighted by Crippen LogP contribution is 2.21. The van der Waals surface area contributed by atoms with E-state index in [2.05, 4.69) is 33.9 Å². The van der Waals surface area contributed by atoms with Crippen LogP contribution in [-0.2, 0) is 11.3 Å². The van der Waals surface area contributed by atoms with Gasteiger partial charge in [-0.1, -0.05) is 0 Å². The lowest BCUT2D eigenvalue weighted by molar-refractivity contribution is 0.114. The molecule has 0 bridgehead atoms. The van der Waals surface area contributed by atoms with Crippen molar-refractivity contribution in [3.8, 4) is 0 Å². The maximum Gasteiger partial charge on any atom is 0.208 e. The van der Waals surface area contributed by atoms with Crippen LogP contribution in [0.15, 0.2) is 9.41 Å². The van der Waals surface area contributed by atoms with Crippen LogP contribution in [0.5, 0.6) is 0 Å². The van der Waals surface area contributed by atoms with Crippen LogP contribution in [0.3, 0.4) is 0 Å².